The summed E-state index contributed by atoms with van der Waals surface area (Å²) >= 11 is 0. The molecular formula is C17H36N4. The molecule has 0 bridgehead atoms. The normalized spacial score (nSPS) is 20.0. The Morgan fingerprint density at radius 1 is 1.24 bits per heavy atom. The van der Waals surface area contributed by atoms with Gasteiger partial charge in [-0.3, -0.25) is 4.99 Å². The topological polar surface area (TPSA) is 53.6 Å². The van der Waals surface area contributed by atoms with Crippen LogP contribution in [-0.2, 0) is 0 Å². The van der Waals surface area contributed by atoms with E-state index in [0.717, 1.165) is 18.4 Å². The summed E-state index contributed by atoms with van der Waals surface area (Å²) in [6, 6.07) is 0.427. The lowest BCUT2D eigenvalue weighted by Crippen LogP contribution is -2.38. The lowest BCUT2D eigenvalue weighted by molar-refractivity contribution is 0.214. The molecule has 1 aliphatic heterocycles. The molecule has 1 heterocycles. The SMILES string of the molecule is CC(C)CCCC(C)NC(N)=NCCC1CCN(C)CC1. The van der Waals surface area contributed by atoms with E-state index in [9.17, 15) is 0 Å². The van der Waals surface area contributed by atoms with Crippen molar-refractivity contribution >= 4 is 5.96 Å². The zero-order chi connectivity index (χ0) is 15.7. The predicted molar refractivity (Wildman–Crippen MR) is 92.6 cm³/mol. The third kappa shape index (κ3) is 8.97. The molecule has 0 spiro atoms. The summed E-state index contributed by atoms with van der Waals surface area (Å²) in [7, 11) is 2.21. The molecule has 1 unspecified atom stereocenters. The first-order valence-electron chi connectivity index (χ1n) is 8.72. The highest BCUT2D eigenvalue weighted by molar-refractivity contribution is 5.78. The van der Waals surface area contributed by atoms with Crippen molar-refractivity contribution in [2.24, 2.45) is 22.6 Å². The van der Waals surface area contributed by atoms with Crippen LogP contribution in [0, 0.1) is 11.8 Å². The van der Waals surface area contributed by atoms with E-state index in [1.165, 1.54) is 51.6 Å². The van der Waals surface area contributed by atoms with Crippen molar-refractivity contribution in [3.05, 3.63) is 0 Å². The third-order valence-corrected chi connectivity index (χ3v) is 4.47. The largest absolute Gasteiger partial charge is 0.370 e. The quantitative estimate of drug-likeness (QED) is 0.535. The van der Waals surface area contributed by atoms with Gasteiger partial charge in [0.15, 0.2) is 5.96 Å². The molecule has 21 heavy (non-hydrogen) atoms. The maximum Gasteiger partial charge on any atom is 0.188 e. The smallest absolute Gasteiger partial charge is 0.188 e. The lowest BCUT2D eigenvalue weighted by atomic mass is 9.94. The van der Waals surface area contributed by atoms with Crippen molar-refractivity contribution < 1.29 is 0 Å². The highest BCUT2D eigenvalue weighted by Gasteiger charge is 2.15. The molecule has 1 aliphatic rings. The molecule has 1 saturated heterocycles. The number of aliphatic imine (C=N–C) groups is 1. The second-order valence-electron chi connectivity index (χ2n) is 7.17. The Hall–Kier alpha value is -0.770. The second-order valence-corrected chi connectivity index (χ2v) is 7.17. The van der Waals surface area contributed by atoms with E-state index in [2.05, 4.69) is 43.0 Å². The fourth-order valence-corrected chi connectivity index (χ4v) is 2.92. The fraction of sp³-hybridized carbons (Fsp3) is 0.941. The predicted octanol–water partition coefficient (Wildman–Crippen LogP) is 2.84. The van der Waals surface area contributed by atoms with Gasteiger partial charge in [-0.25, -0.2) is 0 Å². The molecule has 3 N–H and O–H groups in total. The molecule has 0 radical (unpaired) electrons. The standard InChI is InChI=1S/C17H36N4/c1-14(2)6-5-7-15(3)20-17(18)19-11-8-16-9-12-21(4)13-10-16/h14-16H,5-13H2,1-4H3,(H3,18,19,20). The van der Waals surface area contributed by atoms with Gasteiger partial charge in [0.1, 0.15) is 0 Å². The minimum absolute atomic E-state index is 0.427. The Bertz CT molecular complexity index is 293. The Balaban J connectivity index is 2.11. The zero-order valence-corrected chi connectivity index (χ0v) is 14.6. The van der Waals surface area contributed by atoms with E-state index in [-0.39, 0.29) is 0 Å². The summed E-state index contributed by atoms with van der Waals surface area (Å²) in [5.41, 5.74) is 5.97. The average molecular weight is 297 g/mol. The maximum absolute atomic E-state index is 5.97. The highest BCUT2D eigenvalue weighted by Crippen LogP contribution is 2.19. The van der Waals surface area contributed by atoms with Crippen LogP contribution in [0.5, 0.6) is 0 Å². The Labute approximate surface area is 131 Å². The monoisotopic (exact) mass is 296 g/mol. The molecule has 0 aromatic rings. The summed E-state index contributed by atoms with van der Waals surface area (Å²) in [6.45, 7) is 10.1. The molecule has 1 fully saturated rings. The number of nitrogens with zero attached hydrogens (tertiary/aromatic N) is 2. The number of hydrogen-bond acceptors (Lipinski definition) is 2. The minimum Gasteiger partial charge on any atom is -0.370 e. The average Bonchev–Trinajstić information content (AvgIpc) is 2.40. The molecule has 0 aromatic heterocycles. The highest BCUT2D eigenvalue weighted by atomic mass is 15.1. The van der Waals surface area contributed by atoms with Crippen LogP contribution in [0.4, 0.5) is 0 Å². The van der Waals surface area contributed by atoms with E-state index in [1.54, 1.807) is 0 Å². The zero-order valence-electron chi connectivity index (χ0n) is 14.6. The summed E-state index contributed by atoms with van der Waals surface area (Å²) in [6.07, 6.45) is 7.52. The molecule has 4 heteroatoms. The summed E-state index contributed by atoms with van der Waals surface area (Å²) in [4.78, 5) is 6.90. The number of nitrogens with one attached hydrogen (secondary N) is 1. The van der Waals surface area contributed by atoms with Gasteiger partial charge >= 0.3 is 0 Å². The first-order chi connectivity index (χ1) is 9.97. The van der Waals surface area contributed by atoms with Gasteiger partial charge in [0.25, 0.3) is 0 Å². The van der Waals surface area contributed by atoms with Gasteiger partial charge in [-0.1, -0.05) is 26.7 Å². The number of rotatable bonds is 8. The third-order valence-electron chi connectivity index (χ3n) is 4.47. The van der Waals surface area contributed by atoms with Crippen LogP contribution >= 0.6 is 0 Å². The first kappa shape index (κ1) is 18.3. The first-order valence-corrected chi connectivity index (χ1v) is 8.72. The van der Waals surface area contributed by atoms with E-state index in [4.69, 9.17) is 5.73 Å². The van der Waals surface area contributed by atoms with Gasteiger partial charge in [0.2, 0.25) is 0 Å². The maximum atomic E-state index is 5.97. The van der Waals surface area contributed by atoms with Crippen molar-refractivity contribution in [3.8, 4) is 0 Å². The van der Waals surface area contributed by atoms with Crippen LogP contribution in [-0.4, -0.2) is 43.6 Å². The van der Waals surface area contributed by atoms with Crippen LogP contribution in [0.15, 0.2) is 4.99 Å². The number of nitrogens with two attached hydrogens (primary N) is 1. The summed E-state index contributed by atoms with van der Waals surface area (Å²) < 4.78 is 0. The van der Waals surface area contributed by atoms with Crippen LogP contribution in [0.1, 0.15) is 59.3 Å². The van der Waals surface area contributed by atoms with E-state index in [1.807, 2.05) is 0 Å². The van der Waals surface area contributed by atoms with Crippen molar-refractivity contribution in [2.45, 2.75) is 65.3 Å². The van der Waals surface area contributed by atoms with E-state index < -0.39 is 0 Å². The Morgan fingerprint density at radius 2 is 1.90 bits per heavy atom. The van der Waals surface area contributed by atoms with Gasteiger partial charge < -0.3 is 16.0 Å². The molecular weight excluding hydrogens is 260 g/mol. The number of guanidine groups is 1. The molecule has 0 saturated carbocycles. The molecule has 124 valence electrons. The van der Waals surface area contributed by atoms with E-state index in [0.29, 0.717) is 12.0 Å². The Kier molecular flexibility index (Phi) is 8.74. The number of hydrogen-bond donors (Lipinski definition) is 2. The van der Waals surface area contributed by atoms with Crippen molar-refractivity contribution in [1.29, 1.82) is 0 Å². The lowest BCUT2D eigenvalue weighted by Gasteiger charge is -2.28. The van der Waals surface area contributed by atoms with Crippen LogP contribution in [0.2, 0.25) is 0 Å². The van der Waals surface area contributed by atoms with Crippen molar-refractivity contribution in [2.75, 3.05) is 26.7 Å². The molecule has 0 amide bonds. The molecule has 1 atom stereocenters. The van der Waals surface area contributed by atoms with Crippen molar-refractivity contribution in [3.63, 3.8) is 0 Å². The van der Waals surface area contributed by atoms with Gasteiger partial charge in [-0.15, -0.1) is 0 Å². The Morgan fingerprint density at radius 3 is 2.52 bits per heavy atom. The molecule has 0 aromatic carbocycles. The molecule has 1 rings (SSSR count). The van der Waals surface area contributed by atoms with Gasteiger partial charge in [0.05, 0.1) is 0 Å². The molecule has 4 nitrogen and oxygen atoms in total. The minimum atomic E-state index is 0.427. The number of piperidine rings is 1. The summed E-state index contributed by atoms with van der Waals surface area (Å²) in [5, 5.41) is 3.32. The molecule has 0 aliphatic carbocycles. The van der Waals surface area contributed by atoms with Gasteiger partial charge in [0, 0.05) is 12.6 Å². The van der Waals surface area contributed by atoms with Gasteiger partial charge in [-0.2, -0.15) is 0 Å². The second kappa shape index (κ2) is 10.0. The van der Waals surface area contributed by atoms with Gasteiger partial charge in [-0.05, 0) is 64.6 Å². The van der Waals surface area contributed by atoms with Crippen molar-refractivity contribution in [1.82, 2.24) is 10.2 Å². The summed E-state index contributed by atoms with van der Waals surface area (Å²) in [5.74, 6) is 2.25. The number of likely N-dealkylation sites (tertiary alicyclic amines) is 1. The van der Waals surface area contributed by atoms with Crippen LogP contribution < -0.4 is 11.1 Å². The fourth-order valence-electron chi connectivity index (χ4n) is 2.92. The van der Waals surface area contributed by atoms with E-state index >= 15 is 0 Å². The van der Waals surface area contributed by atoms with Crippen LogP contribution in [0.3, 0.4) is 0 Å². The van der Waals surface area contributed by atoms with Crippen LogP contribution in [0.25, 0.3) is 0 Å².